The standard InChI is InChI=1S/C14H19FN2O2/c1-17(12-6-7-19-9-12)14(18)13(8-16)10-2-4-11(15)5-3-10/h2-5,12-13H,6-9,16H2,1H3/t12-,13-/m0/s1. The summed E-state index contributed by atoms with van der Waals surface area (Å²) in [6.07, 6.45) is 0.850. The molecule has 1 heterocycles. The maximum absolute atomic E-state index is 12.9. The molecule has 5 heteroatoms. The molecule has 1 fully saturated rings. The molecule has 0 aliphatic carbocycles. The van der Waals surface area contributed by atoms with Crippen LogP contribution in [0.25, 0.3) is 0 Å². The molecule has 0 aromatic heterocycles. The normalized spacial score (nSPS) is 20.3. The van der Waals surface area contributed by atoms with E-state index in [9.17, 15) is 9.18 Å². The van der Waals surface area contributed by atoms with Crippen molar-refractivity contribution in [1.82, 2.24) is 4.90 Å². The largest absolute Gasteiger partial charge is 0.379 e. The minimum Gasteiger partial charge on any atom is -0.379 e. The fourth-order valence-corrected chi connectivity index (χ4v) is 2.33. The van der Waals surface area contributed by atoms with Gasteiger partial charge in [-0.05, 0) is 24.1 Å². The van der Waals surface area contributed by atoms with Crippen molar-refractivity contribution in [2.45, 2.75) is 18.4 Å². The first-order chi connectivity index (χ1) is 9.13. The molecule has 1 amide bonds. The van der Waals surface area contributed by atoms with Gasteiger partial charge < -0.3 is 15.4 Å². The van der Waals surface area contributed by atoms with E-state index in [2.05, 4.69) is 0 Å². The van der Waals surface area contributed by atoms with Gasteiger partial charge in [-0.15, -0.1) is 0 Å². The second-order valence-electron chi connectivity index (χ2n) is 4.81. The smallest absolute Gasteiger partial charge is 0.231 e. The number of hydrogen-bond donors (Lipinski definition) is 1. The maximum atomic E-state index is 12.9. The summed E-state index contributed by atoms with van der Waals surface area (Å²) in [5, 5.41) is 0. The highest BCUT2D eigenvalue weighted by molar-refractivity contribution is 5.84. The van der Waals surface area contributed by atoms with E-state index in [1.54, 1.807) is 24.1 Å². The van der Waals surface area contributed by atoms with Gasteiger partial charge in [0.05, 0.1) is 18.6 Å². The number of benzene rings is 1. The number of hydrogen-bond acceptors (Lipinski definition) is 3. The van der Waals surface area contributed by atoms with Crippen molar-refractivity contribution in [3.8, 4) is 0 Å². The molecule has 19 heavy (non-hydrogen) atoms. The third-order valence-electron chi connectivity index (χ3n) is 3.61. The Morgan fingerprint density at radius 2 is 2.21 bits per heavy atom. The summed E-state index contributed by atoms with van der Waals surface area (Å²) >= 11 is 0. The van der Waals surface area contributed by atoms with Gasteiger partial charge in [0.1, 0.15) is 5.82 Å². The first-order valence-electron chi connectivity index (χ1n) is 6.43. The molecule has 1 saturated heterocycles. The number of halogens is 1. The van der Waals surface area contributed by atoms with E-state index in [4.69, 9.17) is 10.5 Å². The number of amides is 1. The van der Waals surface area contributed by atoms with E-state index in [1.807, 2.05) is 0 Å². The molecule has 0 radical (unpaired) electrons. The molecule has 2 rings (SSSR count). The minimum atomic E-state index is -0.425. The molecule has 1 aliphatic heterocycles. The molecule has 0 unspecified atom stereocenters. The van der Waals surface area contributed by atoms with Gasteiger partial charge in [-0.3, -0.25) is 4.79 Å². The SMILES string of the molecule is CN(C(=O)[C@@H](CN)c1ccc(F)cc1)[C@H]1CCOC1. The fourth-order valence-electron chi connectivity index (χ4n) is 2.33. The average molecular weight is 266 g/mol. The quantitative estimate of drug-likeness (QED) is 0.888. The Morgan fingerprint density at radius 3 is 2.74 bits per heavy atom. The number of carbonyl (C=O) groups excluding carboxylic acids is 1. The molecule has 0 bridgehead atoms. The first-order valence-corrected chi connectivity index (χ1v) is 6.43. The molecular weight excluding hydrogens is 247 g/mol. The van der Waals surface area contributed by atoms with E-state index in [0.29, 0.717) is 13.2 Å². The molecule has 2 N–H and O–H groups in total. The number of likely N-dealkylation sites (N-methyl/N-ethyl adjacent to an activating group) is 1. The highest BCUT2D eigenvalue weighted by atomic mass is 19.1. The van der Waals surface area contributed by atoms with E-state index in [-0.39, 0.29) is 24.3 Å². The molecule has 0 saturated carbocycles. The van der Waals surface area contributed by atoms with Crippen molar-refractivity contribution in [2.24, 2.45) is 5.73 Å². The first kappa shape index (κ1) is 14.0. The van der Waals surface area contributed by atoms with Crippen LogP contribution in [0, 0.1) is 5.82 Å². The zero-order chi connectivity index (χ0) is 13.8. The van der Waals surface area contributed by atoms with Gasteiger partial charge >= 0.3 is 0 Å². The predicted molar refractivity (Wildman–Crippen MR) is 70.2 cm³/mol. The lowest BCUT2D eigenvalue weighted by Crippen LogP contribution is -2.42. The van der Waals surface area contributed by atoms with Crippen molar-refractivity contribution in [2.75, 3.05) is 26.8 Å². The number of nitrogens with zero attached hydrogens (tertiary/aromatic N) is 1. The second kappa shape index (κ2) is 6.12. The van der Waals surface area contributed by atoms with Crippen LogP contribution >= 0.6 is 0 Å². The molecule has 2 atom stereocenters. The molecule has 1 aliphatic rings. The zero-order valence-electron chi connectivity index (χ0n) is 11.0. The van der Waals surface area contributed by atoms with Crippen LogP contribution in [0.2, 0.25) is 0 Å². The maximum Gasteiger partial charge on any atom is 0.231 e. The molecule has 1 aromatic carbocycles. The van der Waals surface area contributed by atoms with Crippen molar-refractivity contribution >= 4 is 5.91 Å². The average Bonchev–Trinajstić information content (AvgIpc) is 2.94. The van der Waals surface area contributed by atoms with Crippen LogP contribution in [0.15, 0.2) is 24.3 Å². The zero-order valence-corrected chi connectivity index (χ0v) is 11.0. The van der Waals surface area contributed by atoms with Crippen molar-refractivity contribution in [3.63, 3.8) is 0 Å². The summed E-state index contributed by atoms with van der Waals surface area (Å²) < 4.78 is 18.2. The molecule has 1 aromatic rings. The number of carbonyl (C=O) groups is 1. The fraction of sp³-hybridized carbons (Fsp3) is 0.500. The van der Waals surface area contributed by atoms with Gasteiger partial charge in [0, 0.05) is 20.2 Å². The lowest BCUT2D eigenvalue weighted by atomic mass is 9.97. The minimum absolute atomic E-state index is 0.0374. The summed E-state index contributed by atoms with van der Waals surface area (Å²) in [5.74, 6) is -0.777. The second-order valence-corrected chi connectivity index (χ2v) is 4.81. The lowest BCUT2D eigenvalue weighted by molar-refractivity contribution is -0.133. The van der Waals surface area contributed by atoms with Crippen molar-refractivity contribution in [1.29, 1.82) is 0 Å². The highest BCUT2D eigenvalue weighted by Gasteiger charge is 2.29. The van der Waals surface area contributed by atoms with Crippen LogP contribution in [0.4, 0.5) is 4.39 Å². The van der Waals surface area contributed by atoms with E-state index >= 15 is 0 Å². The Morgan fingerprint density at radius 1 is 1.53 bits per heavy atom. The van der Waals surface area contributed by atoms with Crippen LogP contribution in [-0.4, -0.2) is 43.7 Å². The molecule has 0 spiro atoms. The summed E-state index contributed by atoms with van der Waals surface area (Å²) in [7, 11) is 1.77. The van der Waals surface area contributed by atoms with Crippen LogP contribution < -0.4 is 5.73 Å². The molecular formula is C14H19FN2O2. The number of ether oxygens (including phenoxy) is 1. The van der Waals surface area contributed by atoms with Crippen LogP contribution in [-0.2, 0) is 9.53 Å². The van der Waals surface area contributed by atoms with Gasteiger partial charge in [-0.2, -0.15) is 0 Å². The Balaban J connectivity index is 2.12. The number of rotatable bonds is 4. The van der Waals surface area contributed by atoms with Gasteiger partial charge in [-0.25, -0.2) is 4.39 Å². The lowest BCUT2D eigenvalue weighted by Gasteiger charge is -2.27. The Labute approximate surface area is 112 Å². The Bertz CT molecular complexity index is 430. The Hall–Kier alpha value is -1.46. The number of nitrogens with two attached hydrogens (primary N) is 1. The highest BCUT2D eigenvalue weighted by Crippen LogP contribution is 2.21. The van der Waals surface area contributed by atoms with Crippen LogP contribution in [0.1, 0.15) is 17.9 Å². The van der Waals surface area contributed by atoms with Crippen molar-refractivity contribution < 1.29 is 13.9 Å². The summed E-state index contributed by atoms with van der Waals surface area (Å²) in [6.45, 7) is 1.47. The summed E-state index contributed by atoms with van der Waals surface area (Å²) in [4.78, 5) is 14.1. The molecule has 104 valence electrons. The predicted octanol–water partition coefficient (Wildman–Crippen LogP) is 1.12. The van der Waals surface area contributed by atoms with Gasteiger partial charge in [0.25, 0.3) is 0 Å². The molecule has 4 nitrogen and oxygen atoms in total. The van der Waals surface area contributed by atoms with Gasteiger partial charge in [0.15, 0.2) is 0 Å². The summed E-state index contributed by atoms with van der Waals surface area (Å²) in [6, 6.07) is 6.04. The van der Waals surface area contributed by atoms with Crippen molar-refractivity contribution in [3.05, 3.63) is 35.6 Å². The van der Waals surface area contributed by atoms with E-state index in [1.165, 1.54) is 12.1 Å². The van der Waals surface area contributed by atoms with Gasteiger partial charge in [0.2, 0.25) is 5.91 Å². The van der Waals surface area contributed by atoms with Gasteiger partial charge in [-0.1, -0.05) is 12.1 Å². The van der Waals surface area contributed by atoms with E-state index < -0.39 is 5.92 Å². The monoisotopic (exact) mass is 266 g/mol. The Kier molecular flexibility index (Phi) is 4.50. The third-order valence-corrected chi connectivity index (χ3v) is 3.61. The van der Waals surface area contributed by atoms with Crippen LogP contribution in [0.5, 0.6) is 0 Å². The van der Waals surface area contributed by atoms with Crippen LogP contribution in [0.3, 0.4) is 0 Å². The third kappa shape index (κ3) is 3.11. The van der Waals surface area contributed by atoms with E-state index in [0.717, 1.165) is 12.0 Å². The topological polar surface area (TPSA) is 55.6 Å². The summed E-state index contributed by atoms with van der Waals surface area (Å²) in [5.41, 5.74) is 6.46.